The fraction of sp³-hybridized carbons (Fsp3) is 0.538. The number of hydrogen-bond donors (Lipinski definition) is 2. The van der Waals surface area contributed by atoms with E-state index in [1.54, 1.807) is 26.0 Å². The Kier molecular flexibility index (Phi) is 4.53. The van der Waals surface area contributed by atoms with E-state index < -0.39 is 11.4 Å². The van der Waals surface area contributed by atoms with Gasteiger partial charge in [-0.1, -0.05) is 6.92 Å². The minimum Gasteiger partial charge on any atom is -0.481 e. The summed E-state index contributed by atoms with van der Waals surface area (Å²) >= 11 is 0. The molecular formula is C13H20N2O3. The third-order valence-electron chi connectivity index (χ3n) is 3.34. The van der Waals surface area contributed by atoms with E-state index in [9.17, 15) is 9.59 Å². The van der Waals surface area contributed by atoms with Gasteiger partial charge in [0.2, 0.25) is 0 Å². The Morgan fingerprint density at radius 1 is 1.44 bits per heavy atom. The minimum atomic E-state index is -0.917. The number of aromatic nitrogens is 1. The molecule has 2 N–H and O–H groups in total. The molecule has 100 valence electrons. The van der Waals surface area contributed by atoms with Gasteiger partial charge < -0.3 is 15.0 Å². The van der Waals surface area contributed by atoms with Crippen molar-refractivity contribution in [2.75, 3.05) is 6.54 Å². The van der Waals surface area contributed by atoms with Crippen molar-refractivity contribution in [3.05, 3.63) is 24.0 Å². The third kappa shape index (κ3) is 2.91. The quantitative estimate of drug-likeness (QED) is 0.810. The minimum absolute atomic E-state index is 0.132. The highest BCUT2D eigenvalue weighted by Crippen LogP contribution is 2.20. The standard InChI is InChI=1S/C13H20N2O3/c1-4-13(3,12(17)18)9-14-11(16)10-7-6-8-15(10)5-2/h6-8H,4-5,9H2,1-3H3,(H,14,16)(H,17,18). The van der Waals surface area contributed by atoms with E-state index in [-0.39, 0.29) is 12.5 Å². The van der Waals surface area contributed by atoms with Crippen molar-refractivity contribution in [1.29, 1.82) is 0 Å². The Labute approximate surface area is 107 Å². The van der Waals surface area contributed by atoms with Gasteiger partial charge >= 0.3 is 5.97 Å². The average Bonchev–Trinajstić information content (AvgIpc) is 2.83. The molecule has 0 aromatic carbocycles. The lowest BCUT2D eigenvalue weighted by molar-refractivity contribution is -0.147. The maximum Gasteiger partial charge on any atom is 0.311 e. The van der Waals surface area contributed by atoms with Gasteiger partial charge in [0.05, 0.1) is 5.41 Å². The Balaban J connectivity index is 2.69. The first-order chi connectivity index (χ1) is 8.44. The van der Waals surface area contributed by atoms with Gasteiger partial charge in [0.1, 0.15) is 5.69 Å². The molecule has 0 saturated carbocycles. The number of rotatable bonds is 6. The van der Waals surface area contributed by atoms with Crippen LogP contribution in [0.1, 0.15) is 37.7 Å². The van der Waals surface area contributed by atoms with Crippen LogP contribution in [0.2, 0.25) is 0 Å². The molecule has 0 spiro atoms. The topological polar surface area (TPSA) is 71.3 Å². The summed E-state index contributed by atoms with van der Waals surface area (Å²) in [5, 5.41) is 11.8. The number of hydrogen-bond acceptors (Lipinski definition) is 2. The van der Waals surface area contributed by atoms with Gasteiger partial charge in [0, 0.05) is 19.3 Å². The number of aliphatic carboxylic acids is 1. The molecule has 1 heterocycles. The molecule has 0 aliphatic heterocycles. The zero-order chi connectivity index (χ0) is 13.8. The van der Waals surface area contributed by atoms with Crippen molar-refractivity contribution < 1.29 is 14.7 Å². The number of aryl methyl sites for hydroxylation is 1. The lowest BCUT2D eigenvalue weighted by Crippen LogP contribution is -2.41. The van der Waals surface area contributed by atoms with Crippen LogP contribution in [0.25, 0.3) is 0 Å². The van der Waals surface area contributed by atoms with Crippen LogP contribution in [0.3, 0.4) is 0 Å². The fourth-order valence-electron chi connectivity index (χ4n) is 1.61. The lowest BCUT2D eigenvalue weighted by atomic mass is 9.88. The fourth-order valence-corrected chi connectivity index (χ4v) is 1.61. The summed E-state index contributed by atoms with van der Waals surface area (Å²) in [5.41, 5.74) is -0.361. The molecule has 1 atom stereocenters. The first-order valence-corrected chi connectivity index (χ1v) is 6.11. The van der Waals surface area contributed by atoms with E-state index >= 15 is 0 Å². The van der Waals surface area contributed by atoms with Crippen molar-refractivity contribution in [1.82, 2.24) is 9.88 Å². The second-order valence-electron chi connectivity index (χ2n) is 4.58. The Morgan fingerprint density at radius 3 is 2.61 bits per heavy atom. The maximum atomic E-state index is 11.9. The first-order valence-electron chi connectivity index (χ1n) is 6.11. The number of carbonyl (C=O) groups is 2. The number of nitrogens with zero attached hydrogens (tertiary/aromatic N) is 1. The van der Waals surface area contributed by atoms with E-state index in [2.05, 4.69) is 5.32 Å². The number of carboxylic acids is 1. The van der Waals surface area contributed by atoms with Gasteiger partial charge in [-0.3, -0.25) is 9.59 Å². The van der Waals surface area contributed by atoms with Crippen molar-refractivity contribution in [2.24, 2.45) is 5.41 Å². The number of carbonyl (C=O) groups excluding carboxylic acids is 1. The van der Waals surface area contributed by atoms with Crippen molar-refractivity contribution in [3.8, 4) is 0 Å². The second-order valence-corrected chi connectivity index (χ2v) is 4.58. The van der Waals surface area contributed by atoms with E-state index in [0.29, 0.717) is 18.7 Å². The van der Waals surface area contributed by atoms with Gasteiger partial charge in [0.25, 0.3) is 5.91 Å². The molecule has 0 aliphatic rings. The normalized spacial score (nSPS) is 13.9. The second kappa shape index (κ2) is 5.71. The van der Waals surface area contributed by atoms with Crippen LogP contribution in [0.4, 0.5) is 0 Å². The average molecular weight is 252 g/mol. The first kappa shape index (κ1) is 14.3. The number of nitrogens with one attached hydrogen (secondary N) is 1. The van der Waals surface area contributed by atoms with Crippen LogP contribution < -0.4 is 5.32 Å². The van der Waals surface area contributed by atoms with E-state index in [4.69, 9.17) is 5.11 Å². The summed E-state index contributed by atoms with van der Waals surface area (Å²) in [7, 11) is 0. The zero-order valence-electron chi connectivity index (χ0n) is 11.1. The summed E-state index contributed by atoms with van der Waals surface area (Å²) in [6, 6.07) is 3.53. The Hall–Kier alpha value is -1.78. The van der Waals surface area contributed by atoms with E-state index in [1.807, 2.05) is 17.7 Å². The molecule has 1 unspecified atom stereocenters. The smallest absolute Gasteiger partial charge is 0.311 e. The van der Waals surface area contributed by atoms with E-state index in [0.717, 1.165) is 0 Å². The SMILES string of the molecule is CCn1cccc1C(=O)NCC(C)(CC)C(=O)O. The van der Waals surface area contributed by atoms with Crippen LogP contribution in [-0.2, 0) is 11.3 Å². The Morgan fingerprint density at radius 2 is 2.11 bits per heavy atom. The molecular weight excluding hydrogens is 232 g/mol. The molecule has 5 heteroatoms. The molecule has 1 amide bonds. The summed E-state index contributed by atoms with van der Waals surface area (Å²) in [6.45, 7) is 6.22. The summed E-state index contributed by atoms with van der Waals surface area (Å²) in [5.74, 6) is -1.13. The third-order valence-corrected chi connectivity index (χ3v) is 3.34. The molecule has 18 heavy (non-hydrogen) atoms. The Bertz CT molecular complexity index is 439. The van der Waals surface area contributed by atoms with Crippen LogP contribution in [0.15, 0.2) is 18.3 Å². The van der Waals surface area contributed by atoms with Gasteiger partial charge in [-0.2, -0.15) is 0 Å². The van der Waals surface area contributed by atoms with Crippen molar-refractivity contribution in [2.45, 2.75) is 33.7 Å². The highest BCUT2D eigenvalue weighted by atomic mass is 16.4. The largest absolute Gasteiger partial charge is 0.481 e. The van der Waals surface area contributed by atoms with Gasteiger partial charge in [0.15, 0.2) is 0 Å². The molecule has 0 aliphatic carbocycles. The van der Waals surface area contributed by atoms with Gasteiger partial charge in [-0.05, 0) is 32.4 Å². The van der Waals surface area contributed by atoms with E-state index in [1.165, 1.54) is 0 Å². The summed E-state index contributed by atoms with van der Waals surface area (Å²) in [6.07, 6.45) is 2.29. The van der Waals surface area contributed by atoms with Crippen LogP contribution in [0, 0.1) is 5.41 Å². The highest BCUT2D eigenvalue weighted by Gasteiger charge is 2.31. The molecule has 0 fully saturated rings. The molecule has 0 saturated heterocycles. The van der Waals surface area contributed by atoms with Crippen molar-refractivity contribution >= 4 is 11.9 Å². The van der Waals surface area contributed by atoms with Gasteiger partial charge in [-0.15, -0.1) is 0 Å². The highest BCUT2D eigenvalue weighted by molar-refractivity contribution is 5.93. The number of amides is 1. The number of carboxylic acid groups (broad SMARTS) is 1. The summed E-state index contributed by atoms with van der Waals surface area (Å²) in [4.78, 5) is 23.1. The lowest BCUT2D eigenvalue weighted by Gasteiger charge is -2.23. The molecule has 1 aromatic rings. The molecule has 1 rings (SSSR count). The zero-order valence-corrected chi connectivity index (χ0v) is 11.1. The van der Waals surface area contributed by atoms with Crippen molar-refractivity contribution in [3.63, 3.8) is 0 Å². The predicted molar refractivity (Wildman–Crippen MR) is 68.5 cm³/mol. The van der Waals surface area contributed by atoms with Gasteiger partial charge in [-0.25, -0.2) is 0 Å². The molecule has 0 bridgehead atoms. The molecule has 5 nitrogen and oxygen atoms in total. The molecule has 1 aromatic heterocycles. The van der Waals surface area contributed by atoms with Crippen LogP contribution in [-0.4, -0.2) is 28.1 Å². The monoisotopic (exact) mass is 252 g/mol. The predicted octanol–water partition coefficient (Wildman–Crippen LogP) is 1.74. The summed E-state index contributed by atoms with van der Waals surface area (Å²) < 4.78 is 1.82. The van der Waals surface area contributed by atoms with Crippen LogP contribution >= 0.6 is 0 Å². The maximum absolute atomic E-state index is 11.9. The van der Waals surface area contributed by atoms with Crippen LogP contribution in [0.5, 0.6) is 0 Å². The molecule has 0 radical (unpaired) electrons.